The summed E-state index contributed by atoms with van der Waals surface area (Å²) in [6.45, 7) is 6.31. The van der Waals surface area contributed by atoms with E-state index in [1.165, 1.54) is 11.0 Å². The molecule has 0 atom stereocenters. The molecule has 0 aromatic heterocycles. The zero-order valence-electron chi connectivity index (χ0n) is 11.2. The Hall–Kier alpha value is -2.01. The molecule has 2 rings (SSSR count). The molecular weight excluding hydrogens is 274 g/mol. The summed E-state index contributed by atoms with van der Waals surface area (Å²) in [6, 6.07) is 7.38. The molecule has 0 radical (unpaired) electrons. The van der Waals surface area contributed by atoms with Crippen LogP contribution in [0.5, 0.6) is 5.75 Å². The third-order valence-corrected chi connectivity index (χ3v) is 3.58. The lowest BCUT2D eigenvalue weighted by atomic mass is 10.2. The first-order chi connectivity index (χ1) is 9.65. The van der Waals surface area contributed by atoms with Crippen LogP contribution < -0.4 is 4.74 Å². The molecule has 0 spiro atoms. The van der Waals surface area contributed by atoms with Gasteiger partial charge in [-0.25, -0.2) is 0 Å². The summed E-state index contributed by atoms with van der Waals surface area (Å²) < 4.78 is 5.35. The molecule has 0 aliphatic carbocycles. The fraction of sp³-hybridized carbons (Fsp3) is 0.200. The fourth-order valence-corrected chi connectivity index (χ4v) is 2.61. The van der Waals surface area contributed by atoms with Gasteiger partial charge in [0.2, 0.25) is 0 Å². The van der Waals surface area contributed by atoms with E-state index in [2.05, 4.69) is 6.58 Å². The normalized spacial score (nSPS) is 16.9. The van der Waals surface area contributed by atoms with Crippen molar-refractivity contribution < 1.29 is 14.3 Å². The second kappa shape index (κ2) is 6.43. The average Bonchev–Trinajstić information content (AvgIpc) is 2.69. The van der Waals surface area contributed by atoms with Crippen LogP contribution in [0.3, 0.4) is 0 Å². The quantitative estimate of drug-likeness (QED) is 0.616. The van der Waals surface area contributed by atoms with Crippen molar-refractivity contribution in [2.24, 2.45) is 0 Å². The highest BCUT2D eigenvalue weighted by Gasteiger charge is 2.33. The highest BCUT2D eigenvalue weighted by molar-refractivity contribution is 8.18. The highest BCUT2D eigenvalue weighted by atomic mass is 32.2. The van der Waals surface area contributed by atoms with Gasteiger partial charge in [-0.15, -0.1) is 6.58 Å². The monoisotopic (exact) mass is 289 g/mol. The Labute approximate surface area is 122 Å². The summed E-state index contributed by atoms with van der Waals surface area (Å²) in [4.78, 5) is 25.3. The van der Waals surface area contributed by atoms with Crippen molar-refractivity contribution in [1.29, 1.82) is 0 Å². The minimum Gasteiger partial charge on any atom is -0.494 e. The van der Waals surface area contributed by atoms with Gasteiger partial charge in [-0.1, -0.05) is 18.2 Å². The number of nitrogens with zero attached hydrogens (tertiary/aromatic N) is 1. The maximum Gasteiger partial charge on any atom is 0.293 e. The van der Waals surface area contributed by atoms with Crippen molar-refractivity contribution in [3.8, 4) is 5.75 Å². The summed E-state index contributed by atoms with van der Waals surface area (Å²) in [5, 5.41) is -0.257. The van der Waals surface area contributed by atoms with E-state index in [9.17, 15) is 9.59 Å². The van der Waals surface area contributed by atoms with Gasteiger partial charge in [0.05, 0.1) is 11.5 Å². The van der Waals surface area contributed by atoms with Crippen LogP contribution in [0.2, 0.25) is 0 Å². The number of carbonyl (C=O) groups is 2. The Morgan fingerprint density at radius 2 is 2.00 bits per heavy atom. The van der Waals surface area contributed by atoms with Crippen LogP contribution in [0.15, 0.2) is 41.8 Å². The van der Waals surface area contributed by atoms with E-state index in [1.807, 2.05) is 31.2 Å². The molecule has 1 fully saturated rings. The first kappa shape index (κ1) is 14.4. The van der Waals surface area contributed by atoms with Crippen molar-refractivity contribution in [3.63, 3.8) is 0 Å². The lowest BCUT2D eigenvalue weighted by Gasteiger charge is -2.07. The Balaban J connectivity index is 2.17. The molecule has 0 unspecified atom stereocenters. The maximum absolute atomic E-state index is 12.0. The third-order valence-electron chi connectivity index (χ3n) is 2.67. The molecule has 1 aliphatic heterocycles. The van der Waals surface area contributed by atoms with Crippen molar-refractivity contribution in [1.82, 2.24) is 4.90 Å². The van der Waals surface area contributed by atoms with Crippen LogP contribution in [0, 0.1) is 0 Å². The molecule has 4 nitrogen and oxygen atoms in total. The molecule has 104 valence electrons. The molecule has 0 N–H and O–H groups in total. The van der Waals surface area contributed by atoms with E-state index in [-0.39, 0.29) is 17.7 Å². The van der Waals surface area contributed by atoms with Crippen LogP contribution in [0.25, 0.3) is 6.08 Å². The number of hydrogen-bond acceptors (Lipinski definition) is 4. The van der Waals surface area contributed by atoms with Gasteiger partial charge in [0.15, 0.2) is 0 Å². The summed E-state index contributed by atoms with van der Waals surface area (Å²) in [7, 11) is 0. The van der Waals surface area contributed by atoms with Crippen molar-refractivity contribution in [2.45, 2.75) is 6.92 Å². The SMILES string of the molecule is C=CCN1C(=O)S/C(=C/c2ccc(OCC)cc2)C1=O. The van der Waals surface area contributed by atoms with Crippen LogP contribution in [0.4, 0.5) is 4.79 Å². The van der Waals surface area contributed by atoms with E-state index in [0.717, 1.165) is 23.1 Å². The van der Waals surface area contributed by atoms with Crippen molar-refractivity contribution in [3.05, 3.63) is 47.4 Å². The standard InChI is InChI=1S/C15H15NO3S/c1-3-9-16-14(17)13(20-15(16)18)10-11-5-7-12(8-6-11)19-4-2/h3,5-8,10H,1,4,9H2,2H3/b13-10+. The van der Waals surface area contributed by atoms with Gasteiger partial charge in [0.1, 0.15) is 5.75 Å². The molecule has 2 amide bonds. The molecule has 1 aromatic rings. The Bertz CT molecular complexity index is 563. The van der Waals surface area contributed by atoms with E-state index < -0.39 is 0 Å². The number of rotatable bonds is 5. The molecule has 5 heteroatoms. The number of imide groups is 1. The van der Waals surface area contributed by atoms with Crippen LogP contribution in [0.1, 0.15) is 12.5 Å². The first-order valence-electron chi connectivity index (χ1n) is 6.25. The Morgan fingerprint density at radius 3 is 2.60 bits per heavy atom. The van der Waals surface area contributed by atoms with Gasteiger partial charge in [-0.3, -0.25) is 14.5 Å². The molecule has 1 saturated heterocycles. The number of amides is 2. The average molecular weight is 289 g/mol. The molecule has 20 heavy (non-hydrogen) atoms. The van der Waals surface area contributed by atoms with Gasteiger partial charge in [-0.2, -0.15) is 0 Å². The van der Waals surface area contributed by atoms with Gasteiger partial charge in [0, 0.05) is 6.54 Å². The summed E-state index contributed by atoms with van der Waals surface area (Å²) in [6.07, 6.45) is 3.25. The van der Waals surface area contributed by atoms with Crippen molar-refractivity contribution in [2.75, 3.05) is 13.2 Å². The molecule has 1 heterocycles. The summed E-state index contributed by atoms with van der Waals surface area (Å²) >= 11 is 0.951. The fourth-order valence-electron chi connectivity index (χ4n) is 1.76. The molecule has 1 aliphatic rings. The second-order valence-electron chi connectivity index (χ2n) is 4.08. The van der Waals surface area contributed by atoms with Gasteiger partial charge in [0.25, 0.3) is 11.1 Å². The smallest absolute Gasteiger partial charge is 0.293 e. The predicted molar refractivity (Wildman–Crippen MR) is 80.5 cm³/mol. The van der Waals surface area contributed by atoms with Crippen LogP contribution in [-0.4, -0.2) is 29.2 Å². The number of hydrogen-bond donors (Lipinski definition) is 0. The summed E-state index contributed by atoms with van der Waals surface area (Å²) in [5.74, 6) is 0.512. The minimum absolute atomic E-state index is 0.241. The predicted octanol–water partition coefficient (Wildman–Crippen LogP) is 3.31. The molecule has 0 saturated carbocycles. The summed E-state index contributed by atoms with van der Waals surface area (Å²) in [5.41, 5.74) is 0.859. The van der Waals surface area contributed by atoms with E-state index >= 15 is 0 Å². The highest BCUT2D eigenvalue weighted by Crippen LogP contribution is 2.32. The van der Waals surface area contributed by atoms with Gasteiger partial charge >= 0.3 is 0 Å². The lowest BCUT2D eigenvalue weighted by molar-refractivity contribution is -0.122. The molecule has 1 aromatic carbocycles. The lowest BCUT2D eigenvalue weighted by Crippen LogP contribution is -2.27. The first-order valence-corrected chi connectivity index (χ1v) is 7.06. The Kier molecular flexibility index (Phi) is 4.63. The van der Waals surface area contributed by atoms with Crippen LogP contribution in [-0.2, 0) is 4.79 Å². The zero-order valence-corrected chi connectivity index (χ0v) is 12.0. The van der Waals surface area contributed by atoms with Crippen molar-refractivity contribution >= 4 is 29.0 Å². The third kappa shape index (κ3) is 3.11. The second-order valence-corrected chi connectivity index (χ2v) is 5.08. The van der Waals surface area contributed by atoms with Crippen LogP contribution >= 0.6 is 11.8 Å². The molecular formula is C15H15NO3S. The Morgan fingerprint density at radius 1 is 1.30 bits per heavy atom. The zero-order chi connectivity index (χ0) is 14.5. The van der Waals surface area contributed by atoms with E-state index in [0.29, 0.717) is 11.5 Å². The number of thioether (sulfide) groups is 1. The topological polar surface area (TPSA) is 46.6 Å². The number of benzene rings is 1. The molecule has 0 bridgehead atoms. The van der Waals surface area contributed by atoms with E-state index in [1.54, 1.807) is 6.08 Å². The van der Waals surface area contributed by atoms with E-state index in [4.69, 9.17) is 4.74 Å². The minimum atomic E-state index is -0.270. The van der Waals surface area contributed by atoms with Gasteiger partial charge < -0.3 is 4.74 Å². The number of ether oxygens (including phenoxy) is 1. The maximum atomic E-state index is 12.0. The largest absolute Gasteiger partial charge is 0.494 e. The number of carbonyl (C=O) groups excluding carboxylic acids is 2. The van der Waals surface area contributed by atoms with Gasteiger partial charge in [-0.05, 0) is 42.5 Å².